The van der Waals surface area contributed by atoms with Crippen LogP contribution in [-0.4, -0.2) is 32.1 Å². The van der Waals surface area contributed by atoms with Crippen molar-refractivity contribution in [3.8, 4) is 0 Å². The van der Waals surface area contributed by atoms with Crippen LogP contribution in [0.15, 0.2) is 18.2 Å². The van der Waals surface area contributed by atoms with Crippen molar-refractivity contribution in [1.29, 1.82) is 0 Å². The second kappa shape index (κ2) is 5.18. The first-order valence-electron chi connectivity index (χ1n) is 6.51. The highest BCUT2D eigenvalue weighted by Crippen LogP contribution is 2.25. The van der Waals surface area contributed by atoms with Crippen LogP contribution >= 0.6 is 11.8 Å². The van der Waals surface area contributed by atoms with E-state index in [1.54, 1.807) is 0 Å². The van der Waals surface area contributed by atoms with E-state index in [2.05, 4.69) is 27.2 Å². The van der Waals surface area contributed by atoms with Crippen LogP contribution < -0.4 is 5.32 Å². The fraction of sp³-hybridized carbons (Fsp3) is 0.538. The highest BCUT2D eigenvalue weighted by molar-refractivity contribution is 7.99. The Labute approximate surface area is 111 Å². The number of hydrogen-bond donors (Lipinski definition) is 1. The topological polar surface area (TPSA) is 42.2 Å². The van der Waals surface area contributed by atoms with Crippen molar-refractivity contribution < 1.29 is 0 Å². The number of aromatic nitrogens is 3. The summed E-state index contributed by atoms with van der Waals surface area (Å²) in [6, 6.07) is 6.04. The molecule has 0 radical (unpaired) electrons. The van der Waals surface area contributed by atoms with Crippen molar-refractivity contribution in [1.82, 2.24) is 14.6 Å². The first-order chi connectivity index (χ1) is 8.83. The Balaban J connectivity index is 1.69. The zero-order valence-corrected chi connectivity index (χ0v) is 11.4. The molecule has 1 aliphatic rings. The second-order valence-corrected chi connectivity index (χ2v) is 6.15. The molecule has 0 aliphatic carbocycles. The third-order valence-corrected chi connectivity index (χ3v) is 4.71. The number of pyridine rings is 1. The van der Waals surface area contributed by atoms with Crippen LogP contribution in [0, 0.1) is 6.92 Å². The smallest absolute Gasteiger partial charge is 0.243 e. The Morgan fingerprint density at radius 2 is 2.39 bits per heavy atom. The maximum Gasteiger partial charge on any atom is 0.243 e. The van der Waals surface area contributed by atoms with Crippen molar-refractivity contribution in [2.45, 2.75) is 31.4 Å². The molecule has 18 heavy (non-hydrogen) atoms. The number of nitrogens with one attached hydrogen (secondary N) is 1. The minimum Gasteiger partial charge on any atom is -0.352 e. The lowest BCUT2D eigenvalue weighted by molar-refractivity contribution is 0.676. The summed E-state index contributed by atoms with van der Waals surface area (Å²) < 4.78 is 1.89. The van der Waals surface area contributed by atoms with Crippen LogP contribution in [0.25, 0.3) is 5.65 Å². The summed E-state index contributed by atoms with van der Waals surface area (Å²) in [5, 5.41) is 8.56. The van der Waals surface area contributed by atoms with E-state index in [4.69, 9.17) is 0 Å². The zero-order chi connectivity index (χ0) is 12.4. The molecule has 0 saturated carbocycles. The van der Waals surface area contributed by atoms with E-state index in [0.29, 0.717) is 5.25 Å². The molecule has 1 aliphatic heterocycles. The van der Waals surface area contributed by atoms with Crippen LogP contribution in [0.4, 0.5) is 5.95 Å². The Morgan fingerprint density at radius 1 is 1.44 bits per heavy atom. The van der Waals surface area contributed by atoms with Gasteiger partial charge in [-0.25, -0.2) is 4.52 Å². The van der Waals surface area contributed by atoms with Crippen molar-refractivity contribution in [2.75, 3.05) is 17.6 Å². The predicted molar refractivity (Wildman–Crippen MR) is 76.3 cm³/mol. The number of rotatable bonds is 3. The number of anilines is 1. The quantitative estimate of drug-likeness (QED) is 0.923. The maximum atomic E-state index is 4.49. The summed E-state index contributed by atoms with van der Waals surface area (Å²) in [6.07, 6.45) is 4.04. The summed E-state index contributed by atoms with van der Waals surface area (Å²) in [4.78, 5) is 4.49. The van der Waals surface area contributed by atoms with Crippen LogP contribution in [0.2, 0.25) is 0 Å². The van der Waals surface area contributed by atoms with Crippen molar-refractivity contribution in [3.05, 3.63) is 23.9 Å². The summed E-state index contributed by atoms with van der Waals surface area (Å²) in [5.41, 5.74) is 2.02. The van der Waals surface area contributed by atoms with E-state index in [0.717, 1.165) is 23.8 Å². The molecular formula is C13H18N4S. The van der Waals surface area contributed by atoms with Crippen LogP contribution in [-0.2, 0) is 0 Å². The van der Waals surface area contributed by atoms with Gasteiger partial charge in [0.15, 0.2) is 5.65 Å². The molecule has 2 aromatic heterocycles. The van der Waals surface area contributed by atoms with Gasteiger partial charge in [-0.15, -0.1) is 5.10 Å². The molecule has 96 valence electrons. The molecular weight excluding hydrogens is 244 g/mol. The molecule has 1 unspecified atom stereocenters. The van der Waals surface area contributed by atoms with Gasteiger partial charge in [0.2, 0.25) is 5.95 Å². The monoisotopic (exact) mass is 262 g/mol. The van der Waals surface area contributed by atoms with E-state index in [1.807, 2.05) is 29.6 Å². The fourth-order valence-electron chi connectivity index (χ4n) is 2.28. The van der Waals surface area contributed by atoms with Gasteiger partial charge >= 0.3 is 0 Å². The summed E-state index contributed by atoms with van der Waals surface area (Å²) >= 11 is 2.07. The maximum absolute atomic E-state index is 4.49. The number of thioether (sulfide) groups is 1. The van der Waals surface area contributed by atoms with Gasteiger partial charge in [0.25, 0.3) is 0 Å². The summed E-state index contributed by atoms with van der Waals surface area (Å²) in [5.74, 6) is 2.04. The zero-order valence-electron chi connectivity index (χ0n) is 10.6. The highest BCUT2D eigenvalue weighted by atomic mass is 32.2. The average Bonchev–Trinajstić information content (AvgIpc) is 2.82. The molecule has 1 atom stereocenters. The molecule has 0 aromatic carbocycles. The van der Waals surface area contributed by atoms with Gasteiger partial charge in [0.1, 0.15) is 0 Å². The van der Waals surface area contributed by atoms with Crippen LogP contribution in [0.5, 0.6) is 0 Å². The van der Waals surface area contributed by atoms with Gasteiger partial charge in [-0.05, 0) is 37.7 Å². The standard InChI is InChI=1S/C13H18N4S/c1-10-5-4-7-12-15-13(16-17(10)12)14-9-11-6-2-3-8-18-11/h4-5,7,11H,2-3,6,8-9H2,1H3,(H,14,16). The number of nitrogens with zero attached hydrogens (tertiary/aromatic N) is 3. The Hall–Kier alpha value is -1.23. The third-order valence-electron chi connectivity index (χ3n) is 3.31. The van der Waals surface area contributed by atoms with Crippen LogP contribution in [0.3, 0.4) is 0 Å². The highest BCUT2D eigenvalue weighted by Gasteiger charge is 2.14. The number of fused-ring (bicyclic) bond motifs is 1. The molecule has 5 heteroatoms. The van der Waals surface area contributed by atoms with Crippen LogP contribution in [0.1, 0.15) is 25.0 Å². The van der Waals surface area contributed by atoms with Gasteiger partial charge in [-0.3, -0.25) is 0 Å². The lowest BCUT2D eigenvalue weighted by Crippen LogP contribution is -2.20. The van der Waals surface area contributed by atoms with E-state index < -0.39 is 0 Å². The summed E-state index contributed by atoms with van der Waals surface area (Å²) in [6.45, 7) is 3.02. The first-order valence-corrected chi connectivity index (χ1v) is 7.56. The van der Waals surface area contributed by atoms with Gasteiger partial charge in [0.05, 0.1) is 0 Å². The first kappa shape index (κ1) is 11.8. The van der Waals surface area contributed by atoms with Crippen molar-refractivity contribution in [3.63, 3.8) is 0 Å². The van der Waals surface area contributed by atoms with E-state index in [-0.39, 0.29) is 0 Å². The molecule has 2 aromatic rings. The lowest BCUT2D eigenvalue weighted by atomic mass is 10.2. The van der Waals surface area contributed by atoms with Gasteiger partial charge < -0.3 is 5.32 Å². The molecule has 4 nitrogen and oxygen atoms in total. The van der Waals surface area contributed by atoms with Gasteiger partial charge in [0, 0.05) is 17.5 Å². The van der Waals surface area contributed by atoms with E-state index in [9.17, 15) is 0 Å². The Bertz CT molecular complexity index is 531. The largest absolute Gasteiger partial charge is 0.352 e. The molecule has 1 saturated heterocycles. The molecule has 1 N–H and O–H groups in total. The van der Waals surface area contributed by atoms with Crippen molar-refractivity contribution >= 4 is 23.4 Å². The van der Waals surface area contributed by atoms with Gasteiger partial charge in [-0.2, -0.15) is 16.7 Å². The van der Waals surface area contributed by atoms with E-state index in [1.165, 1.54) is 25.0 Å². The SMILES string of the molecule is Cc1cccc2nc(NCC3CCCCS3)nn12. The Kier molecular flexibility index (Phi) is 3.41. The van der Waals surface area contributed by atoms with Gasteiger partial charge in [-0.1, -0.05) is 12.5 Å². The molecule has 3 rings (SSSR count). The molecule has 0 bridgehead atoms. The lowest BCUT2D eigenvalue weighted by Gasteiger charge is -2.20. The molecule has 3 heterocycles. The minimum absolute atomic E-state index is 0.714. The predicted octanol–water partition coefficient (Wildman–Crippen LogP) is 2.74. The van der Waals surface area contributed by atoms with E-state index >= 15 is 0 Å². The minimum atomic E-state index is 0.714. The third kappa shape index (κ3) is 2.46. The normalized spacial score (nSPS) is 20.2. The Morgan fingerprint density at radius 3 is 3.17 bits per heavy atom. The fourth-order valence-corrected chi connectivity index (χ4v) is 3.52. The van der Waals surface area contributed by atoms with Crippen molar-refractivity contribution in [2.24, 2.45) is 0 Å². The average molecular weight is 262 g/mol. The number of aryl methyl sites for hydroxylation is 1. The molecule has 1 fully saturated rings. The molecule has 0 amide bonds. The number of hydrogen-bond acceptors (Lipinski definition) is 4. The second-order valence-electron chi connectivity index (χ2n) is 4.74. The molecule has 0 spiro atoms. The summed E-state index contributed by atoms with van der Waals surface area (Å²) in [7, 11) is 0.